The summed E-state index contributed by atoms with van der Waals surface area (Å²) in [4.78, 5) is 12.8. The zero-order valence-corrected chi connectivity index (χ0v) is 16.5. The fraction of sp³-hybridized carbons (Fsp3) is 0.120. The van der Waals surface area contributed by atoms with Crippen LogP contribution in [0.4, 0.5) is 14.5 Å². The predicted octanol–water partition coefficient (Wildman–Crippen LogP) is 6.35. The normalized spacial score (nSPS) is 13.2. The topological polar surface area (TPSA) is 29.3 Å². The largest absolute Gasteiger partial charge is 0.489 e. The maximum atomic E-state index is 13.9. The first-order valence-corrected chi connectivity index (χ1v) is 9.54. The third kappa shape index (κ3) is 3.79. The Morgan fingerprint density at radius 1 is 1.03 bits per heavy atom. The van der Waals surface area contributed by atoms with Crippen LogP contribution in [0.15, 0.2) is 84.5 Å². The van der Waals surface area contributed by atoms with Crippen LogP contribution in [-0.2, 0) is 6.61 Å². The summed E-state index contributed by atoms with van der Waals surface area (Å²) in [6, 6.07) is 18.7. The predicted molar refractivity (Wildman–Crippen MR) is 113 cm³/mol. The van der Waals surface area contributed by atoms with E-state index in [9.17, 15) is 13.7 Å². The maximum absolute atomic E-state index is 13.9. The molecule has 1 heterocycles. The van der Waals surface area contributed by atoms with Crippen LogP contribution < -0.4 is 4.74 Å². The molecule has 0 radical (unpaired) electrons. The van der Waals surface area contributed by atoms with Crippen LogP contribution in [0.2, 0.25) is 0 Å². The van der Waals surface area contributed by atoms with Crippen molar-refractivity contribution in [1.82, 2.24) is 0 Å². The van der Waals surface area contributed by atoms with Crippen molar-refractivity contribution in [2.45, 2.75) is 13.5 Å². The average molecular weight is 404 g/mol. The number of ether oxygens (including phenoxy) is 1. The molecule has 0 spiro atoms. The van der Waals surface area contributed by atoms with E-state index in [-0.39, 0.29) is 6.54 Å². The highest BCUT2D eigenvalue weighted by Gasteiger charge is 2.33. The number of fused-ring (bicyclic) bond motifs is 1. The molecule has 3 aromatic rings. The Hall–Kier alpha value is -3.60. The van der Waals surface area contributed by atoms with Crippen LogP contribution in [0, 0.1) is 16.5 Å². The summed E-state index contributed by atoms with van der Waals surface area (Å²) in [6.45, 7) is 6.21. The van der Waals surface area contributed by atoms with E-state index in [1.165, 1.54) is 6.07 Å². The van der Waals surface area contributed by atoms with Gasteiger partial charge in [0.25, 0.3) is 5.69 Å². The first kappa shape index (κ1) is 19.7. The van der Waals surface area contributed by atoms with Crippen molar-refractivity contribution in [3.05, 3.63) is 118 Å². The van der Waals surface area contributed by atoms with E-state index in [0.717, 1.165) is 22.5 Å². The number of halogens is 2. The van der Waals surface area contributed by atoms with E-state index >= 15 is 0 Å². The van der Waals surface area contributed by atoms with Gasteiger partial charge in [0.1, 0.15) is 12.4 Å². The van der Waals surface area contributed by atoms with Gasteiger partial charge >= 0.3 is 0 Å². The van der Waals surface area contributed by atoms with Gasteiger partial charge in [-0.25, -0.2) is 8.78 Å². The summed E-state index contributed by atoms with van der Waals surface area (Å²) >= 11 is 0. The van der Waals surface area contributed by atoms with E-state index in [1.807, 2.05) is 30.3 Å². The van der Waals surface area contributed by atoms with Gasteiger partial charge in [0.15, 0.2) is 11.6 Å². The number of hydrogen-bond acceptors (Lipinski definition) is 2. The molecule has 3 nitrogen and oxygen atoms in total. The molecule has 0 atom stereocenters. The zero-order chi connectivity index (χ0) is 21.3. The van der Waals surface area contributed by atoms with E-state index in [4.69, 9.17) is 4.74 Å². The molecule has 1 aliphatic heterocycles. The van der Waals surface area contributed by atoms with Crippen LogP contribution in [0.1, 0.15) is 23.6 Å². The maximum Gasteiger partial charge on any atom is 0.267 e. The van der Waals surface area contributed by atoms with Crippen molar-refractivity contribution in [2.75, 3.05) is 6.54 Å². The van der Waals surface area contributed by atoms with Gasteiger partial charge in [-0.1, -0.05) is 43.0 Å². The molecule has 1 aliphatic rings. The van der Waals surface area contributed by atoms with Gasteiger partial charge in [0.05, 0.1) is 11.6 Å². The Balaban J connectivity index is 1.75. The lowest BCUT2D eigenvalue weighted by atomic mass is 9.86. The lowest BCUT2D eigenvalue weighted by Crippen LogP contribution is -2.17. The minimum Gasteiger partial charge on any atom is -0.489 e. The third-order valence-corrected chi connectivity index (χ3v) is 5.08. The third-order valence-electron chi connectivity index (χ3n) is 5.08. The highest BCUT2D eigenvalue weighted by molar-refractivity contribution is 5.89. The Labute approximate surface area is 173 Å². The molecule has 0 saturated carbocycles. The smallest absolute Gasteiger partial charge is 0.267 e. The molecule has 0 unspecified atom stereocenters. The highest BCUT2D eigenvalue weighted by Crippen LogP contribution is 2.41. The van der Waals surface area contributed by atoms with Crippen LogP contribution in [0.5, 0.6) is 5.75 Å². The Kier molecular flexibility index (Phi) is 5.27. The van der Waals surface area contributed by atoms with Gasteiger partial charge in [-0.15, -0.1) is 0 Å². The van der Waals surface area contributed by atoms with Crippen molar-refractivity contribution >= 4 is 11.3 Å². The molecular formula is C25H20F2NO2+. The first-order valence-electron chi connectivity index (χ1n) is 9.54. The molecule has 0 aliphatic carbocycles. The molecule has 0 bridgehead atoms. The van der Waals surface area contributed by atoms with E-state index in [2.05, 4.69) is 6.58 Å². The minimum atomic E-state index is -0.935. The molecule has 0 aromatic heterocycles. The molecule has 3 aromatic carbocycles. The number of nitrogens with zero attached hydrogens (tertiary/aromatic N) is 1. The molecule has 30 heavy (non-hydrogen) atoms. The van der Waals surface area contributed by atoms with Crippen molar-refractivity contribution in [3.8, 4) is 5.75 Å². The monoisotopic (exact) mass is 404 g/mol. The molecule has 5 heteroatoms. The summed E-state index contributed by atoms with van der Waals surface area (Å²) in [5.74, 6) is -1.29. The SMILES string of the molecule is C=C(C)C1=C(c2ccc(F)c(F)c2)c2ccc(OCc3ccccc3)cc2[N+](=O)C1. The van der Waals surface area contributed by atoms with Gasteiger partial charge in [0, 0.05) is 20.8 Å². The summed E-state index contributed by atoms with van der Waals surface area (Å²) in [6.07, 6.45) is 0. The minimum absolute atomic E-state index is 0.0683. The van der Waals surface area contributed by atoms with Gasteiger partial charge in [0.2, 0.25) is 6.54 Å². The van der Waals surface area contributed by atoms with Crippen LogP contribution in [0.3, 0.4) is 0 Å². The Morgan fingerprint density at radius 2 is 1.80 bits per heavy atom. The summed E-state index contributed by atoms with van der Waals surface area (Å²) in [7, 11) is 0. The van der Waals surface area contributed by atoms with Gasteiger partial charge < -0.3 is 4.74 Å². The van der Waals surface area contributed by atoms with E-state index < -0.39 is 11.6 Å². The van der Waals surface area contributed by atoms with Gasteiger partial charge in [-0.3, -0.25) is 0 Å². The number of hydrogen-bond donors (Lipinski definition) is 0. The van der Waals surface area contributed by atoms with Crippen molar-refractivity contribution in [3.63, 3.8) is 0 Å². The molecule has 0 N–H and O–H groups in total. The van der Waals surface area contributed by atoms with Crippen molar-refractivity contribution in [1.29, 1.82) is 0 Å². The zero-order valence-electron chi connectivity index (χ0n) is 16.5. The van der Waals surface area contributed by atoms with Gasteiger partial charge in [-0.2, -0.15) is 0 Å². The summed E-state index contributed by atoms with van der Waals surface area (Å²) in [5.41, 5.74) is 4.64. The number of benzene rings is 3. The number of nitroso groups, excluding NO2 is 1. The lowest BCUT2D eigenvalue weighted by Gasteiger charge is -2.19. The second-order valence-corrected chi connectivity index (χ2v) is 7.25. The van der Waals surface area contributed by atoms with Crippen LogP contribution >= 0.6 is 0 Å². The molecule has 4 rings (SSSR count). The quantitative estimate of drug-likeness (QED) is 0.464. The lowest BCUT2D eigenvalue weighted by molar-refractivity contribution is -0.454. The summed E-state index contributed by atoms with van der Waals surface area (Å²) in [5, 5.41) is 0. The molecular weight excluding hydrogens is 384 g/mol. The molecule has 150 valence electrons. The van der Waals surface area contributed by atoms with Crippen molar-refractivity contribution in [2.24, 2.45) is 0 Å². The second-order valence-electron chi connectivity index (χ2n) is 7.25. The van der Waals surface area contributed by atoms with E-state index in [1.54, 1.807) is 25.1 Å². The summed E-state index contributed by atoms with van der Waals surface area (Å²) < 4.78 is 34.1. The van der Waals surface area contributed by atoms with Crippen LogP contribution in [-0.4, -0.2) is 11.3 Å². The average Bonchev–Trinajstić information content (AvgIpc) is 2.75. The fourth-order valence-corrected chi connectivity index (χ4v) is 3.56. The Bertz CT molecular complexity index is 1180. The van der Waals surface area contributed by atoms with Crippen LogP contribution in [0.25, 0.3) is 5.57 Å². The molecule has 0 fully saturated rings. The second kappa shape index (κ2) is 8.03. The van der Waals surface area contributed by atoms with E-state index in [0.29, 0.717) is 45.9 Å². The Morgan fingerprint density at radius 3 is 2.50 bits per heavy atom. The van der Waals surface area contributed by atoms with Crippen molar-refractivity contribution < 1.29 is 18.3 Å². The first-order chi connectivity index (χ1) is 14.4. The fourth-order valence-electron chi connectivity index (χ4n) is 3.56. The standard InChI is InChI=1S/C25H20F2NO2/c1-16(2)21-14-28(29)24-13-19(30-15-17-6-4-3-5-7-17)9-10-20(24)25(21)18-8-11-22(26)23(27)12-18/h3-13H,1,14-15H2,2H3/q+1. The number of rotatable bonds is 5. The molecule has 0 amide bonds. The molecule has 0 saturated heterocycles. The highest BCUT2D eigenvalue weighted by atomic mass is 19.2. The van der Waals surface area contributed by atoms with Gasteiger partial charge in [-0.05, 0) is 47.9 Å².